The Morgan fingerprint density at radius 2 is 2.10 bits per heavy atom. The Kier molecular flexibility index (Phi) is 2.99. The van der Waals surface area contributed by atoms with E-state index in [1.807, 2.05) is 6.07 Å². The van der Waals surface area contributed by atoms with Gasteiger partial charge in [0.25, 0.3) is 5.56 Å². The van der Waals surface area contributed by atoms with Gasteiger partial charge < -0.3 is 0 Å². The molecule has 3 rings (SSSR count). The lowest BCUT2D eigenvalue weighted by Crippen LogP contribution is -2.21. The fraction of sp³-hybridized carbons (Fsp3) is 0.0625. The molecule has 21 heavy (non-hydrogen) atoms. The second kappa shape index (κ2) is 4.84. The second-order valence-corrected chi connectivity index (χ2v) is 4.66. The Labute approximate surface area is 119 Å². The number of halogens is 1. The number of rotatable bonds is 1. The Hall–Kier alpha value is -3.00. The molecule has 0 N–H and O–H groups in total. The minimum atomic E-state index is -0.612. The van der Waals surface area contributed by atoms with Gasteiger partial charge in [0.1, 0.15) is 17.5 Å². The summed E-state index contributed by atoms with van der Waals surface area (Å²) < 4.78 is 14.8. The predicted molar refractivity (Wildman–Crippen MR) is 76.8 cm³/mol. The van der Waals surface area contributed by atoms with Crippen molar-refractivity contribution in [3.8, 4) is 11.8 Å². The fourth-order valence-electron chi connectivity index (χ4n) is 2.25. The van der Waals surface area contributed by atoms with Crippen LogP contribution in [0.3, 0.4) is 0 Å². The van der Waals surface area contributed by atoms with E-state index < -0.39 is 5.82 Å². The molecule has 0 radical (unpaired) electrons. The van der Waals surface area contributed by atoms with Crippen molar-refractivity contribution in [3.63, 3.8) is 0 Å². The van der Waals surface area contributed by atoms with Gasteiger partial charge in [-0.05, 0) is 43.3 Å². The smallest absolute Gasteiger partial charge is 0.259 e. The summed E-state index contributed by atoms with van der Waals surface area (Å²) in [4.78, 5) is 16.6. The van der Waals surface area contributed by atoms with Gasteiger partial charge in [-0.2, -0.15) is 5.26 Å². The molecule has 1 aromatic carbocycles. The number of nitriles is 1. The van der Waals surface area contributed by atoms with Gasteiger partial charge in [0, 0.05) is 17.1 Å². The van der Waals surface area contributed by atoms with Gasteiger partial charge >= 0.3 is 0 Å². The summed E-state index contributed by atoms with van der Waals surface area (Å²) in [5.74, 6) is -0.612. The number of aromatic nitrogens is 2. The van der Waals surface area contributed by atoms with E-state index in [0.717, 1.165) is 5.39 Å². The zero-order valence-corrected chi connectivity index (χ0v) is 11.2. The first-order valence-electron chi connectivity index (χ1n) is 6.29. The van der Waals surface area contributed by atoms with Crippen molar-refractivity contribution >= 4 is 11.0 Å². The van der Waals surface area contributed by atoms with E-state index in [4.69, 9.17) is 5.26 Å². The van der Waals surface area contributed by atoms with Crippen LogP contribution in [0.4, 0.5) is 4.39 Å². The Morgan fingerprint density at radius 1 is 1.29 bits per heavy atom. The lowest BCUT2D eigenvalue weighted by atomic mass is 10.1. The highest BCUT2D eigenvalue weighted by Crippen LogP contribution is 2.18. The number of aryl methyl sites for hydroxylation is 1. The summed E-state index contributed by atoms with van der Waals surface area (Å²) in [7, 11) is 0. The molecule has 102 valence electrons. The maximum absolute atomic E-state index is 13.5. The number of benzene rings is 1. The SMILES string of the molecule is Cc1cc2cccnc2n(-c2ccc(F)c(C#N)c2)c1=O. The van der Waals surface area contributed by atoms with Gasteiger partial charge in [0.15, 0.2) is 0 Å². The van der Waals surface area contributed by atoms with E-state index in [1.54, 1.807) is 31.3 Å². The lowest BCUT2D eigenvalue weighted by Gasteiger charge is -2.11. The molecule has 4 nitrogen and oxygen atoms in total. The molecule has 0 aliphatic carbocycles. The number of pyridine rings is 2. The van der Waals surface area contributed by atoms with Crippen LogP contribution in [0.25, 0.3) is 16.7 Å². The van der Waals surface area contributed by atoms with Crippen molar-refractivity contribution in [3.05, 3.63) is 69.9 Å². The van der Waals surface area contributed by atoms with Gasteiger partial charge in [-0.15, -0.1) is 0 Å². The molecule has 0 bridgehead atoms. The Balaban J connectivity index is 2.42. The van der Waals surface area contributed by atoms with Crippen LogP contribution >= 0.6 is 0 Å². The van der Waals surface area contributed by atoms with E-state index in [9.17, 15) is 9.18 Å². The van der Waals surface area contributed by atoms with E-state index in [0.29, 0.717) is 16.9 Å². The highest BCUT2D eigenvalue weighted by Gasteiger charge is 2.11. The number of fused-ring (bicyclic) bond motifs is 1. The van der Waals surface area contributed by atoms with Gasteiger partial charge in [-0.3, -0.25) is 9.36 Å². The average Bonchev–Trinajstić information content (AvgIpc) is 2.49. The summed E-state index contributed by atoms with van der Waals surface area (Å²) >= 11 is 0. The fourth-order valence-corrected chi connectivity index (χ4v) is 2.25. The quantitative estimate of drug-likeness (QED) is 0.688. The molecule has 0 fully saturated rings. The summed E-state index contributed by atoms with van der Waals surface area (Å²) in [6, 6.07) is 11.2. The monoisotopic (exact) mass is 279 g/mol. The van der Waals surface area contributed by atoms with Gasteiger partial charge in [-0.1, -0.05) is 0 Å². The minimum absolute atomic E-state index is 0.106. The molecule has 0 atom stereocenters. The molecule has 2 heterocycles. The summed E-state index contributed by atoms with van der Waals surface area (Å²) in [5.41, 5.74) is 1.11. The van der Waals surface area contributed by atoms with Crippen LogP contribution in [0.15, 0.2) is 47.4 Å². The number of nitrogens with zero attached hydrogens (tertiary/aromatic N) is 3. The zero-order chi connectivity index (χ0) is 15.0. The van der Waals surface area contributed by atoms with Crippen LogP contribution in [0.5, 0.6) is 0 Å². The third-order valence-corrected chi connectivity index (χ3v) is 3.27. The average molecular weight is 279 g/mol. The highest BCUT2D eigenvalue weighted by molar-refractivity contribution is 5.77. The molecule has 3 aromatic rings. The third kappa shape index (κ3) is 2.07. The van der Waals surface area contributed by atoms with Crippen molar-refractivity contribution in [1.82, 2.24) is 9.55 Å². The lowest BCUT2D eigenvalue weighted by molar-refractivity contribution is 0.623. The standard InChI is InChI=1S/C16H10FN3O/c1-10-7-11-3-2-6-19-15(11)20(16(10)21)13-4-5-14(17)12(8-13)9-18/h2-8H,1H3. The van der Waals surface area contributed by atoms with E-state index in [2.05, 4.69) is 4.98 Å². The van der Waals surface area contributed by atoms with Crippen LogP contribution in [0.1, 0.15) is 11.1 Å². The van der Waals surface area contributed by atoms with Gasteiger partial charge in [0.05, 0.1) is 11.3 Å². The van der Waals surface area contributed by atoms with Crippen LogP contribution in [-0.4, -0.2) is 9.55 Å². The maximum Gasteiger partial charge on any atom is 0.259 e. The molecule has 2 aromatic heterocycles. The molecule has 0 saturated carbocycles. The van der Waals surface area contributed by atoms with Crippen LogP contribution in [0, 0.1) is 24.1 Å². The van der Waals surface area contributed by atoms with Gasteiger partial charge in [-0.25, -0.2) is 9.37 Å². The van der Waals surface area contributed by atoms with Crippen LogP contribution < -0.4 is 5.56 Å². The van der Waals surface area contributed by atoms with Crippen molar-refractivity contribution < 1.29 is 4.39 Å². The molecule has 5 heteroatoms. The van der Waals surface area contributed by atoms with Gasteiger partial charge in [0.2, 0.25) is 0 Å². The molecule has 0 amide bonds. The van der Waals surface area contributed by atoms with E-state index in [-0.39, 0.29) is 11.1 Å². The number of hydrogen-bond acceptors (Lipinski definition) is 3. The summed E-state index contributed by atoms with van der Waals surface area (Å²) in [6.45, 7) is 1.71. The van der Waals surface area contributed by atoms with E-state index in [1.165, 1.54) is 22.8 Å². The highest BCUT2D eigenvalue weighted by atomic mass is 19.1. The van der Waals surface area contributed by atoms with Crippen molar-refractivity contribution in [2.75, 3.05) is 0 Å². The number of hydrogen-bond donors (Lipinski definition) is 0. The minimum Gasteiger partial charge on any atom is -0.269 e. The van der Waals surface area contributed by atoms with Crippen LogP contribution in [-0.2, 0) is 0 Å². The first-order chi connectivity index (χ1) is 10.1. The largest absolute Gasteiger partial charge is 0.269 e. The van der Waals surface area contributed by atoms with E-state index >= 15 is 0 Å². The molecular formula is C16H10FN3O. The van der Waals surface area contributed by atoms with Crippen molar-refractivity contribution in [1.29, 1.82) is 5.26 Å². The molecule has 0 spiro atoms. The molecule has 0 aliphatic heterocycles. The first kappa shape index (κ1) is 13.0. The van der Waals surface area contributed by atoms with Crippen molar-refractivity contribution in [2.45, 2.75) is 6.92 Å². The van der Waals surface area contributed by atoms with Crippen LogP contribution in [0.2, 0.25) is 0 Å². The Morgan fingerprint density at radius 3 is 2.86 bits per heavy atom. The first-order valence-corrected chi connectivity index (χ1v) is 6.29. The zero-order valence-electron chi connectivity index (χ0n) is 11.2. The Bertz CT molecular complexity index is 954. The predicted octanol–water partition coefficient (Wildman–Crippen LogP) is 2.70. The molecule has 0 aliphatic rings. The third-order valence-electron chi connectivity index (χ3n) is 3.27. The van der Waals surface area contributed by atoms with Crippen molar-refractivity contribution in [2.24, 2.45) is 0 Å². The molecular weight excluding hydrogens is 269 g/mol. The topological polar surface area (TPSA) is 58.7 Å². The molecule has 0 saturated heterocycles. The second-order valence-electron chi connectivity index (χ2n) is 4.66. The molecule has 0 unspecified atom stereocenters. The normalized spacial score (nSPS) is 10.5. The summed E-state index contributed by atoms with van der Waals surface area (Å²) in [6.07, 6.45) is 1.59. The maximum atomic E-state index is 13.5. The summed E-state index contributed by atoms with van der Waals surface area (Å²) in [5, 5.41) is 9.74.